The molecule has 0 bridgehead atoms. The second-order valence-corrected chi connectivity index (χ2v) is 16.3. The number of anilines is 4. The van der Waals surface area contributed by atoms with E-state index in [9.17, 15) is 9.59 Å². The van der Waals surface area contributed by atoms with Gasteiger partial charge in [0, 0.05) is 75.6 Å². The Morgan fingerprint density at radius 2 is 1.44 bits per heavy atom. The lowest BCUT2D eigenvalue weighted by Crippen LogP contribution is -2.54. The van der Waals surface area contributed by atoms with Crippen LogP contribution >= 0.6 is 11.8 Å². The summed E-state index contributed by atoms with van der Waals surface area (Å²) in [5.41, 5.74) is 2.23. The SMILES string of the molecule is Cc1cc(N2CCN(C3CCN(C(=O)OC(C)(C)C)CC3)CC2)cc2c1OCc1c(N3CCSCC3)ncnc1N2C(=O)OC(C)(C)C. The number of carbonyl (C=O) groups excluding carboxylic acids is 2. The van der Waals surface area contributed by atoms with Gasteiger partial charge < -0.3 is 28.9 Å². The van der Waals surface area contributed by atoms with Crippen LogP contribution in [0, 0.1) is 6.92 Å². The number of benzene rings is 1. The van der Waals surface area contributed by atoms with Gasteiger partial charge in [0.05, 0.1) is 11.3 Å². The molecule has 1 aromatic carbocycles. The van der Waals surface area contributed by atoms with Crippen LogP contribution in [0.3, 0.4) is 0 Å². The van der Waals surface area contributed by atoms with Crippen molar-refractivity contribution in [2.45, 2.75) is 85.2 Å². The molecule has 0 spiro atoms. The zero-order valence-electron chi connectivity index (χ0n) is 29.6. The number of nitrogens with zero attached hydrogens (tertiary/aromatic N) is 7. The van der Waals surface area contributed by atoms with Crippen molar-refractivity contribution >= 4 is 47.0 Å². The first kappa shape index (κ1) is 34.4. The molecule has 0 saturated carbocycles. The number of aryl methyl sites for hydroxylation is 1. The van der Waals surface area contributed by atoms with Crippen LogP contribution in [0.25, 0.3) is 0 Å². The zero-order valence-corrected chi connectivity index (χ0v) is 30.4. The molecule has 0 aliphatic carbocycles. The molecule has 6 rings (SSSR count). The third kappa shape index (κ3) is 7.72. The van der Waals surface area contributed by atoms with E-state index in [-0.39, 0.29) is 12.7 Å². The molecule has 12 nitrogen and oxygen atoms in total. The Labute approximate surface area is 289 Å². The van der Waals surface area contributed by atoms with Gasteiger partial charge in [-0.15, -0.1) is 0 Å². The van der Waals surface area contributed by atoms with Crippen LogP contribution in [-0.2, 0) is 16.1 Å². The van der Waals surface area contributed by atoms with Gasteiger partial charge in [0.2, 0.25) is 0 Å². The summed E-state index contributed by atoms with van der Waals surface area (Å²) in [6.07, 6.45) is 2.72. The molecule has 2 aromatic rings. The average molecular weight is 682 g/mol. The second-order valence-electron chi connectivity index (χ2n) is 15.0. The summed E-state index contributed by atoms with van der Waals surface area (Å²) < 4.78 is 18.1. The van der Waals surface area contributed by atoms with Crippen molar-refractivity contribution in [2.24, 2.45) is 0 Å². The van der Waals surface area contributed by atoms with Gasteiger partial charge in [0.1, 0.15) is 35.7 Å². The predicted octanol–water partition coefficient (Wildman–Crippen LogP) is 5.83. The van der Waals surface area contributed by atoms with Gasteiger partial charge in [-0.3, -0.25) is 4.90 Å². The monoisotopic (exact) mass is 681 g/mol. The Bertz CT molecular complexity index is 1490. The van der Waals surface area contributed by atoms with Gasteiger partial charge >= 0.3 is 12.2 Å². The van der Waals surface area contributed by atoms with E-state index in [1.807, 2.05) is 65.1 Å². The number of piperidine rings is 1. The van der Waals surface area contributed by atoms with Crippen molar-refractivity contribution < 1.29 is 23.8 Å². The third-order valence-corrected chi connectivity index (χ3v) is 10.1. The number of amides is 2. The number of likely N-dealkylation sites (tertiary alicyclic amines) is 1. The van der Waals surface area contributed by atoms with Gasteiger partial charge in [-0.2, -0.15) is 11.8 Å². The number of aromatic nitrogens is 2. The lowest BCUT2D eigenvalue weighted by molar-refractivity contribution is 0.0139. The number of carbonyl (C=O) groups is 2. The Hall–Kier alpha value is -3.45. The van der Waals surface area contributed by atoms with Crippen LogP contribution in [0.1, 0.15) is 65.5 Å². The van der Waals surface area contributed by atoms with E-state index < -0.39 is 17.3 Å². The zero-order chi connectivity index (χ0) is 34.2. The first-order chi connectivity index (χ1) is 22.8. The maximum absolute atomic E-state index is 14.0. The first-order valence-electron chi connectivity index (χ1n) is 17.2. The molecule has 2 amide bonds. The lowest BCUT2D eigenvalue weighted by Gasteiger charge is -2.43. The topological polar surface area (TPSA) is 104 Å². The number of thioether (sulfide) groups is 1. The Morgan fingerprint density at radius 3 is 2.08 bits per heavy atom. The molecule has 4 aliphatic rings. The van der Waals surface area contributed by atoms with Crippen LogP contribution in [0.5, 0.6) is 5.75 Å². The normalized spacial score (nSPS) is 19.6. The van der Waals surface area contributed by atoms with E-state index in [1.165, 1.54) is 0 Å². The van der Waals surface area contributed by atoms with Crippen molar-refractivity contribution in [1.82, 2.24) is 19.8 Å². The molecule has 262 valence electrons. The number of piperazine rings is 1. The maximum atomic E-state index is 14.0. The average Bonchev–Trinajstić information content (AvgIpc) is 3.21. The van der Waals surface area contributed by atoms with Gasteiger partial charge in [-0.05, 0) is 79.0 Å². The Kier molecular flexibility index (Phi) is 9.90. The van der Waals surface area contributed by atoms with Crippen LogP contribution in [-0.4, -0.2) is 113 Å². The number of hydrogen-bond donors (Lipinski definition) is 0. The summed E-state index contributed by atoms with van der Waals surface area (Å²) in [5, 5.41) is 0. The molecular formula is C35H51N7O5S. The van der Waals surface area contributed by atoms with Gasteiger partial charge in [0.25, 0.3) is 0 Å². The predicted molar refractivity (Wildman–Crippen MR) is 190 cm³/mol. The van der Waals surface area contributed by atoms with E-state index in [0.717, 1.165) is 86.2 Å². The summed E-state index contributed by atoms with van der Waals surface area (Å²) in [7, 11) is 0. The first-order valence-corrected chi connectivity index (χ1v) is 18.4. The highest BCUT2D eigenvalue weighted by Crippen LogP contribution is 2.45. The molecule has 0 radical (unpaired) electrons. The lowest BCUT2D eigenvalue weighted by atomic mass is 10.0. The molecule has 0 unspecified atom stereocenters. The second kappa shape index (κ2) is 13.8. The van der Waals surface area contributed by atoms with Crippen LogP contribution in [0.15, 0.2) is 18.5 Å². The smallest absolute Gasteiger partial charge is 0.420 e. The summed E-state index contributed by atoms with van der Waals surface area (Å²) in [6.45, 7) is 20.4. The van der Waals surface area contributed by atoms with Crippen molar-refractivity contribution in [3.05, 3.63) is 29.6 Å². The number of hydrogen-bond acceptors (Lipinski definition) is 11. The van der Waals surface area contributed by atoms with Crippen LogP contribution in [0.4, 0.5) is 32.6 Å². The number of ether oxygens (including phenoxy) is 3. The minimum atomic E-state index is -0.698. The highest BCUT2D eigenvalue weighted by molar-refractivity contribution is 7.99. The van der Waals surface area contributed by atoms with Crippen LogP contribution < -0.4 is 19.4 Å². The summed E-state index contributed by atoms with van der Waals surface area (Å²) >= 11 is 1.94. The largest absolute Gasteiger partial charge is 0.486 e. The van der Waals surface area contributed by atoms with E-state index in [0.29, 0.717) is 36.4 Å². The molecule has 3 fully saturated rings. The minimum Gasteiger partial charge on any atom is -0.486 e. The van der Waals surface area contributed by atoms with Gasteiger partial charge in [-0.1, -0.05) is 0 Å². The summed E-state index contributed by atoms with van der Waals surface area (Å²) in [4.78, 5) is 46.6. The highest BCUT2D eigenvalue weighted by atomic mass is 32.2. The fourth-order valence-corrected chi connectivity index (χ4v) is 7.78. The molecule has 13 heteroatoms. The quantitative estimate of drug-likeness (QED) is 0.391. The molecule has 3 saturated heterocycles. The molecule has 48 heavy (non-hydrogen) atoms. The molecule has 0 N–H and O–H groups in total. The van der Waals surface area contributed by atoms with Gasteiger partial charge in [0.15, 0.2) is 5.82 Å². The van der Waals surface area contributed by atoms with E-state index >= 15 is 0 Å². The molecule has 5 heterocycles. The van der Waals surface area contributed by atoms with Crippen molar-refractivity contribution in [3.8, 4) is 5.75 Å². The van der Waals surface area contributed by atoms with E-state index in [1.54, 1.807) is 11.2 Å². The summed E-state index contributed by atoms with van der Waals surface area (Å²) in [6, 6.07) is 4.65. The third-order valence-electron chi connectivity index (χ3n) is 9.15. The molecule has 4 aliphatic heterocycles. The molecular weight excluding hydrogens is 630 g/mol. The highest BCUT2D eigenvalue weighted by Gasteiger charge is 2.37. The number of rotatable bonds is 3. The maximum Gasteiger partial charge on any atom is 0.420 e. The van der Waals surface area contributed by atoms with Crippen LogP contribution in [0.2, 0.25) is 0 Å². The van der Waals surface area contributed by atoms with E-state index in [2.05, 4.69) is 36.8 Å². The Morgan fingerprint density at radius 1 is 0.812 bits per heavy atom. The molecule has 1 aromatic heterocycles. The minimum absolute atomic E-state index is 0.218. The van der Waals surface area contributed by atoms with Crippen molar-refractivity contribution in [2.75, 3.05) is 78.6 Å². The fourth-order valence-electron chi connectivity index (χ4n) is 6.87. The van der Waals surface area contributed by atoms with Crippen molar-refractivity contribution in [3.63, 3.8) is 0 Å². The van der Waals surface area contributed by atoms with E-state index in [4.69, 9.17) is 14.2 Å². The standard InChI is InChI=1S/C35H51N7O5S/c1-24-20-26(39-14-12-38(13-15-39)25-8-10-41(11-9-25)32(43)46-34(2,3)4)21-28-29(24)45-22-27-30(40-16-18-48-19-17-40)36-23-37-31(27)42(28)33(44)47-35(5,6)7/h20-21,23,25H,8-19,22H2,1-7H3. The Balaban J connectivity index is 1.22. The molecule has 0 atom stereocenters. The summed E-state index contributed by atoms with van der Waals surface area (Å²) in [5.74, 6) is 4.02. The number of fused-ring (bicyclic) bond motifs is 2. The van der Waals surface area contributed by atoms with Crippen molar-refractivity contribution in [1.29, 1.82) is 0 Å². The fraction of sp³-hybridized carbons (Fsp3) is 0.657. The van der Waals surface area contributed by atoms with Gasteiger partial charge in [-0.25, -0.2) is 24.5 Å².